The minimum Gasteiger partial charge on any atom is -0.0622 e. The molecule has 34 heavy (non-hydrogen) atoms. The molecule has 3 heteroatoms. The second-order valence-corrected chi connectivity index (χ2v) is 22.8. The summed E-state index contributed by atoms with van der Waals surface area (Å²) in [7, 11) is 0. The molecule has 1 aliphatic carbocycles. The molecule has 185 valence electrons. The van der Waals surface area contributed by atoms with Crippen molar-refractivity contribution >= 4 is 6.66 Å². The summed E-state index contributed by atoms with van der Waals surface area (Å²) in [6, 6.07) is 20.8. The van der Waals surface area contributed by atoms with Gasteiger partial charge in [0, 0.05) is 0 Å². The van der Waals surface area contributed by atoms with E-state index in [1.807, 2.05) is 16.0 Å². The molecule has 1 aliphatic rings. The van der Waals surface area contributed by atoms with Crippen molar-refractivity contribution in [1.29, 1.82) is 0 Å². The maximum atomic E-state index is 4.10. The summed E-state index contributed by atoms with van der Waals surface area (Å²) in [5, 5.41) is 0. The Morgan fingerprint density at radius 3 is 1.68 bits per heavy atom. The van der Waals surface area contributed by atoms with Crippen molar-refractivity contribution in [3.63, 3.8) is 0 Å². The topological polar surface area (TPSA) is 12.0 Å². The van der Waals surface area contributed by atoms with Crippen LogP contribution in [0.1, 0.15) is 73.1 Å². The average molecular weight is 511 g/mol. The molecule has 1 atom stereocenters. The number of rotatable bonds is 11. The van der Waals surface area contributed by atoms with E-state index in [-0.39, 0.29) is 0 Å². The maximum absolute atomic E-state index is 4.10. The van der Waals surface area contributed by atoms with Crippen LogP contribution in [0.3, 0.4) is 0 Å². The summed E-state index contributed by atoms with van der Waals surface area (Å²) in [6.07, 6.45) is 8.43. The van der Waals surface area contributed by atoms with E-state index < -0.39 is 24.0 Å². The smallest absolute Gasteiger partial charge is 0.0184 e. The van der Waals surface area contributed by atoms with Gasteiger partial charge >= 0.3 is 147 Å². The molecule has 2 aromatic carbocycles. The molecule has 0 radical (unpaired) electrons. The Balaban J connectivity index is 0.000000283. The van der Waals surface area contributed by atoms with Crippen LogP contribution in [0.5, 0.6) is 0 Å². The van der Waals surface area contributed by atoms with Gasteiger partial charge in [0.25, 0.3) is 0 Å². The van der Waals surface area contributed by atoms with Crippen LogP contribution in [0.15, 0.2) is 81.3 Å². The third-order valence-corrected chi connectivity index (χ3v) is 19.1. The Morgan fingerprint density at radius 1 is 0.735 bits per heavy atom. The molecule has 2 aromatic rings. The summed E-state index contributed by atoms with van der Waals surface area (Å²) < 4.78 is 5.98. The third-order valence-electron chi connectivity index (χ3n) is 7.23. The molecule has 1 N–H and O–H groups in total. The first-order valence-electron chi connectivity index (χ1n) is 13.5. The number of hydrogen-bond acceptors (Lipinski definition) is 1. The molecule has 0 spiro atoms. The molecule has 3 rings (SSSR count). The van der Waals surface area contributed by atoms with Gasteiger partial charge in [-0.2, -0.15) is 0 Å². The van der Waals surface area contributed by atoms with Gasteiger partial charge < -0.3 is 0 Å². The Morgan fingerprint density at radius 2 is 1.24 bits per heavy atom. The van der Waals surface area contributed by atoms with Crippen molar-refractivity contribution in [2.45, 2.75) is 86.2 Å². The quantitative estimate of drug-likeness (QED) is 0.235. The molecule has 0 saturated heterocycles. The molecule has 1 nitrogen and oxygen atoms in total. The largest absolute Gasteiger partial charge is 0.0622 e. The summed E-state index contributed by atoms with van der Waals surface area (Å²) in [4.78, 5) is 0. The van der Waals surface area contributed by atoms with Crippen molar-refractivity contribution in [2.24, 2.45) is 5.92 Å². The molecule has 0 amide bonds. The van der Waals surface area contributed by atoms with E-state index in [4.69, 9.17) is 0 Å². The van der Waals surface area contributed by atoms with E-state index >= 15 is 0 Å². The fourth-order valence-corrected chi connectivity index (χ4v) is 16.2. The Labute approximate surface area is 218 Å². The molecule has 1 unspecified atom stereocenters. The van der Waals surface area contributed by atoms with Crippen molar-refractivity contribution in [1.82, 2.24) is 3.80 Å². The number of allylic oxidation sites excluding steroid dienone is 4. The Hall–Kier alpha value is -1.19. The van der Waals surface area contributed by atoms with Gasteiger partial charge in [-0.25, -0.2) is 0 Å². The van der Waals surface area contributed by atoms with Gasteiger partial charge in [-0.15, -0.1) is 0 Å². The maximum Gasteiger partial charge on any atom is -0.0184 e. The fourth-order valence-electron chi connectivity index (χ4n) is 4.80. The second-order valence-electron chi connectivity index (χ2n) is 10.1. The summed E-state index contributed by atoms with van der Waals surface area (Å²) in [5.41, 5.74) is 7.42. The SMILES string of the molecule is CCCCCCCC[NH][Ti]([C]1=C(C)C(C)=C(C)C1C)[SiH](C)C.c1ccc(-c2ccccc2)cc1. The van der Waals surface area contributed by atoms with Crippen LogP contribution in [0.25, 0.3) is 11.1 Å². The molecule has 0 aromatic heterocycles. The van der Waals surface area contributed by atoms with Crippen LogP contribution in [0.4, 0.5) is 0 Å². The van der Waals surface area contributed by atoms with Crippen molar-refractivity contribution < 1.29 is 17.4 Å². The zero-order valence-electron chi connectivity index (χ0n) is 22.9. The third kappa shape index (κ3) is 8.79. The van der Waals surface area contributed by atoms with E-state index in [0.717, 1.165) is 5.92 Å². The Kier molecular flexibility index (Phi) is 13.4. The molecule has 0 fully saturated rings. The van der Waals surface area contributed by atoms with Gasteiger partial charge in [0.2, 0.25) is 0 Å². The number of unbranched alkanes of at least 4 members (excludes halogenated alkanes) is 5. The molecule has 0 saturated carbocycles. The zero-order chi connectivity index (χ0) is 24.9. The zero-order valence-corrected chi connectivity index (χ0v) is 25.6. The molecular formula is C31H48NSiTi. The van der Waals surface area contributed by atoms with Gasteiger partial charge in [0.15, 0.2) is 0 Å². The number of hydrogen-bond donors (Lipinski definition) is 1. The van der Waals surface area contributed by atoms with Gasteiger partial charge in [0.05, 0.1) is 0 Å². The van der Waals surface area contributed by atoms with E-state index in [1.165, 1.54) is 56.2 Å². The van der Waals surface area contributed by atoms with Crippen molar-refractivity contribution in [2.75, 3.05) is 6.54 Å². The van der Waals surface area contributed by atoms with Gasteiger partial charge in [-0.3, -0.25) is 0 Å². The van der Waals surface area contributed by atoms with Crippen LogP contribution in [-0.4, -0.2) is 13.2 Å². The van der Waals surface area contributed by atoms with Crippen LogP contribution < -0.4 is 3.80 Å². The van der Waals surface area contributed by atoms with Crippen LogP contribution in [-0.2, 0) is 17.4 Å². The summed E-state index contributed by atoms with van der Waals surface area (Å²) in [6.45, 7) is 17.6. The Bertz CT molecular complexity index is 864. The first-order chi connectivity index (χ1) is 16.4. The molecule has 0 bridgehead atoms. The van der Waals surface area contributed by atoms with E-state index in [9.17, 15) is 0 Å². The molecular weight excluding hydrogens is 462 g/mol. The predicted molar refractivity (Wildman–Crippen MR) is 152 cm³/mol. The number of benzene rings is 2. The molecule has 0 aliphatic heterocycles. The van der Waals surface area contributed by atoms with Gasteiger partial charge in [-0.05, 0) is 11.1 Å². The van der Waals surface area contributed by atoms with Crippen molar-refractivity contribution in [3.8, 4) is 11.1 Å². The van der Waals surface area contributed by atoms with Crippen molar-refractivity contribution in [3.05, 3.63) is 81.3 Å². The van der Waals surface area contributed by atoms with E-state index in [0.29, 0.717) is 0 Å². The predicted octanol–water partition coefficient (Wildman–Crippen LogP) is 9.07. The van der Waals surface area contributed by atoms with Crippen LogP contribution in [0, 0.1) is 5.92 Å². The summed E-state index contributed by atoms with van der Waals surface area (Å²) in [5.74, 6) is 0.724. The minimum absolute atomic E-state index is 0.569. The van der Waals surface area contributed by atoms with E-state index in [1.54, 1.807) is 16.7 Å². The average Bonchev–Trinajstić information content (AvgIpc) is 3.05. The number of nitrogens with one attached hydrogen (secondary N) is 1. The molecule has 0 heterocycles. The first kappa shape index (κ1) is 29.0. The normalized spacial score (nSPS) is 15.6. The fraction of sp³-hybridized carbons (Fsp3) is 0.484. The minimum atomic E-state index is -1.20. The van der Waals surface area contributed by atoms with Gasteiger partial charge in [0.1, 0.15) is 0 Å². The van der Waals surface area contributed by atoms with E-state index in [2.05, 4.69) is 100 Å². The van der Waals surface area contributed by atoms with Crippen LogP contribution >= 0.6 is 0 Å². The summed E-state index contributed by atoms with van der Waals surface area (Å²) >= 11 is -1.20. The first-order valence-corrected chi connectivity index (χ1v) is 20.6. The van der Waals surface area contributed by atoms with Gasteiger partial charge in [-0.1, -0.05) is 60.7 Å². The second kappa shape index (κ2) is 15.7. The monoisotopic (exact) mass is 510 g/mol. The van der Waals surface area contributed by atoms with Crippen LogP contribution in [0.2, 0.25) is 13.1 Å². The standard InChI is InChI=1S/C12H10.C9H13.C8H18N.C2H7Si.Ti/c1-3-7-11(8-4-1)12-9-5-2-6-10-12;1-6-5-7(2)9(4)8(6)3;1-2-3-4-5-6-7-8-9;1-3-2;/h1-10H;6H,1-4H3;9H,2-8H2,1H3;3H,1-2H3;/q;;-1;;+1.